The summed E-state index contributed by atoms with van der Waals surface area (Å²) in [5.74, 6) is -0.221. The molecular weight excluding hydrogens is 462 g/mol. The number of benzene rings is 2. The number of hydrogen-bond acceptors (Lipinski definition) is 7. The van der Waals surface area contributed by atoms with Gasteiger partial charge in [-0.05, 0) is 71.0 Å². The molecule has 0 atom stereocenters. The van der Waals surface area contributed by atoms with Crippen LogP contribution < -0.4 is 14.4 Å². The lowest BCUT2D eigenvalue weighted by Crippen LogP contribution is -2.24. The summed E-state index contributed by atoms with van der Waals surface area (Å²) in [4.78, 5) is 19.7. The summed E-state index contributed by atoms with van der Waals surface area (Å²) in [6.45, 7) is 6.96. The Labute approximate surface area is 202 Å². The minimum absolute atomic E-state index is 0.0329. The van der Waals surface area contributed by atoms with Crippen molar-refractivity contribution in [2.24, 2.45) is 0 Å². The number of nitrogens with zero attached hydrogens (tertiary/aromatic N) is 2. The van der Waals surface area contributed by atoms with Crippen molar-refractivity contribution in [3.8, 4) is 11.5 Å². The maximum Gasteiger partial charge on any atom is 0.387 e. The lowest BCUT2D eigenvalue weighted by molar-refractivity contribution is -0.0514. The molecule has 0 unspecified atom stereocenters. The van der Waals surface area contributed by atoms with Crippen molar-refractivity contribution in [1.29, 1.82) is 0 Å². The van der Waals surface area contributed by atoms with Crippen molar-refractivity contribution in [3.05, 3.63) is 64.1 Å². The molecule has 0 saturated heterocycles. The van der Waals surface area contributed by atoms with Crippen LogP contribution in [0.3, 0.4) is 0 Å². The molecule has 0 aliphatic rings. The van der Waals surface area contributed by atoms with Crippen LogP contribution in [-0.4, -0.2) is 29.8 Å². The third kappa shape index (κ3) is 6.90. The number of alkyl halides is 2. The number of aryl methyl sites for hydroxylation is 1. The maximum absolute atomic E-state index is 12.8. The number of anilines is 2. The molecule has 3 rings (SSSR count). The Kier molecular flexibility index (Phi) is 8.09. The van der Waals surface area contributed by atoms with Gasteiger partial charge in [-0.2, -0.15) is 8.78 Å². The molecule has 34 heavy (non-hydrogen) atoms. The quantitative estimate of drug-likeness (QED) is 0.309. The number of rotatable bonds is 9. The second kappa shape index (κ2) is 10.8. The molecular formula is C25H28F2N2O4S. The molecule has 0 aliphatic heterocycles. The van der Waals surface area contributed by atoms with Crippen molar-refractivity contribution >= 4 is 28.7 Å². The van der Waals surface area contributed by atoms with Crippen molar-refractivity contribution in [2.75, 3.05) is 11.5 Å². The summed E-state index contributed by atoms with van der Waals surface area (Å²) in [7, 11) is 0. The van der Waals surface area contributed by atoms with Gasteiger partial charge in [0.2, 0.25) is 0 Å². The molecule has 0 spiro atoms. The van der Waals surface area contributed by atoms with E-state index in [0.717, 1.165) is 15.6 Å². The van der Waals surface area contributed by atoms with Gasteiger partial charge < -0.3 is 19.1 Å². The third-order valence-electron chi connectivity index (χ3n) is 4.55. The Hall–Kier alpha value is -3.20. The van der Waals surface area contributed by atoms with Crippen molar-refractivity contribution < 1.29 is 27.8 Å². The predicted molar refractivity (Wildman–Crippen MR) is 129 cm³/mol. The SMILES string of the molecule is CCOc1cc(N(Cc2cnc(C)s2)c2ccc(C(=O)OC(C)(C)C)cc2)ccc1OC(F)F. The first-order valence-corrected chi connectivity index (χ1v) is 11.6. The highest BCUT2D eigenvalue weighted by Crippen LogP contribution is 2.37. The highest BCUT2D eigenvalue weighted by atomic mass is 32.1. The number of halogens is 2. The van der Waals surface area contributed by atoms with Gasteiger partial charge in [-0.3, -0.25) is 0 Å². The first-order valence-electron chi connectivity index (χ1n) is 10.8. The molecule has 0 saturated carbocycles. The fourth-order valence-electron chi connectivity index (χ4n) is 3.21. The van der Waals surface area contributed by atoms with Crippen LogP contribution in [-0.2, 0) is 11.3 Å². The summed E-state index contributed by atoms with van der Waals surface area (Å²) in [6.07, 6.45) is 1.81. The molecule has 2 aromatic carbocycles. The monoisotopic (exact) mass is 490 g/mol. The Balaban J connectivity index is 1.97. The first-order chi connectivity index (χ1) is 16.1. The van der Waals surface area contributed by atoms with E-state index in [1.54, 1.807) is 48.7 Å². The van der Waals surface area contributed by atoms with Crippen LogP contribution in [0.25, 0.3) is 0 Å². The van der Waals surface area contributed by atoms with E-state index in [4.69, 9.17) is 9.47 Å². The first kappa shape index (κ1) is 25.4. The second-order valence-corrected chi connectivity index (χ2v) is 9.74. The summed E-state index contributed by atoms with van der Waals surface area (Å²) < 4.78 is 41.3. The predicted octanol–water partition coefficient (Wildman–Crippen LogP) is 6.75. The minimum atomic E-state index is -2.96. The van der Waals surface area contributed by atoms with E-state index in [-0.39, 0.29) is 11.5 Å². The Morgan fingerprint density at radius 1 is 1.09 bits per heavy atom. The zero-order chi connectivity index (χ0) is 24.9. The standard InChI is InChI=1S/C25H28F2N2O4S/c1-6-31-22-13-19(11-12-21(22)32-24(26)27)29(15-20-14-28-16(2)34-20)18-9-7-17(8-10-18)23(30)33-25(3,4)5/h7-14,24H,6,15H2,1-5H3. The van der Waals surface area contributed by atoms with Gasteiger partial charge in [-0.15, -0.1) is 11.3 Å². The Morgan fingerprint density at radius 3 is 2.32 bits per heavy atom. The van der Waals surface area contributed by atoms with Gasteiger partial charge in [-0.25, -0.2) is 9.78 Å². The molecule has 0 radical (unpaired) electrons. The van der Waals surface area contributed by atoms with Crippen LogP contribution in [0.4, 0.5) is 20.2 Å². The normalized spacial score (nSPS) is 11.4. The van der Waals surface area contributed by atoms with Crippen molar-refractivity contribution in [1.82, 2.24) is 4.98 Å². The lowest BCUT2D eigenvalue weighted by atomic mass is 10.1. The molecule has 6 nitrogen and oxygen atoms in total. The van der Waals surface area contributed by atoms with Gasteiger partial charge in [-0.1, -0.05) is 0 Å². The Bertz CT molecular complexity index is 1110. The van der Waals surface area contributed by atoms with Crippen molar-refractivity contribution in [2.45, 2.75) is 53.4 Å². The van der Waals surface area contributed by atoms with Crippen LogP contribution in [0, 0.1) is 6.92 Å². The average Bonchev–Trinajstić information content (AvgIpc) is 3.17. The van der Waals surface area contributed by atoms with E-state index in [1.165, 1.54) is 6.07 Å². The zero-order valence-electron chi connectivity index (χ0n) is 19.8. The van der Waals surface area contributed by atoms with Crippen LogP contribution in [0.15, 0.2) is 48.7 Å². The fourth-order valence-corrected chi connectivity index (χ4v) is 3.99. The number of carbonyl (C=O) groups is 1. The van der Waals surface area contributed by atoms with Crippen LogP contribution in [0.5, 0.6) is 11.5 Å². The molecule has 0 fully saturated rings. The number of esters is 1. The van der Waals surface area contributed by atoms with E-state index in [2.05, 4.69) is 9.72 Å². The summed E-state index contributed by atoms with van der Waals surface area (Å²) in [5.41, 5.74) is 1.34. The highest BCUT2D eigenvalue weighted by Gasteiger charge is 2.20. The molecule has 1 aromatic heterocycles. The molecule has 1 heterocycles. The highest BCUT2D eigenvalue weighted by molar-refractivity contribution is 7.11. The smallest absolute Gasteiger partial charge is 0.387 e. The van der Waals surface area contributed by atoms with Crippen LogP contribution in [0.2, 0.25) is 0 Å². The van der Waals surface area contributed by atoms with Gasteiger partial charge in [0.25, 0.3) is 0 Å². The number of aromatic nitrogens is 1. The topological polar surface area (TPSA) is 60.9 Å². The number of hydrogen-bond donors (Lipinski definition) is 0. The van der Waals surface area contributed by atoms with Gasteiger partial charge in [0.1, 0.15) is 5.60 Å². The van der Waals surface area contributed by atoms with Crippen LogP contribution in [0.1, 0.15) is 47.9 Å². The molecule has 0 N–H and O–H groups in total. The van der Waals surface area contributed by atoms with Crippen molar-refractivity contribution in [3.63, 3.8) is 0 Å². The summed E-state index contributed by atoms with van der Waals surface area (Å²) in [6, 6.07) is 11.9. The molecule has 0 amide bonds. The van der Waals surface area contributed by atoms with E-state index in [9.17, 15) is 13.6 Å². The van der Waals surface area contributed by atoms with E-state index >= 15 is 0 Å². The van der Waals surface area contributed by atoms with Crippen LogP contribution >= 0.6 is 11.3 Å². The third-order valence-corrected chi connectivity index (χ3v) is 5.45. The largest absolute Gasteiger partial charge is 0.490 e. The maximum atomic E-state index is 12.8. The zero-order valence-corrected chi connectivity index (χ0v) is 20.6. The number of carbonyl (C=O) groups excluding carboxylic acids is 1. The molecule has 9 heteroatoms. The van der Waals surface area contributed by atoms with E-state index < -0.39 is 18.2 Å². The molecule has 0 bridgehead atoms. The minimum Gasteiger partial charge on any atom is -0.490 e. The van der Waals surface area contributed by atoms with Gasteiger partial charge in [0, 0.05) is 28.5 Å². The van der Waals surface area contributed by atoms with Gasteiger partial charge in [0.15, 0.2) is 11.5 Å². The van der Waals surface area contributed by atoms with Gasteiger partial charge in [0.05, 0.1) is 23.7 Å². The average molecular weight is 491 g/mol. The lowest BCUT2D eigenvalue weighted by Gasteiger charge is -2.26. The summed E-state index contributed by atoms with van der Waals surface area (Å²) >= 11 is 1.56. The molecule has 182 valence electrons. The second-order valence-electron chi connectivity index (χ2n) is 8.42. The molecule has 3 aromatic rings. The fraction of sp³-hybridized carbons (Fsp3) is 0.360. The number of ether oxygens (including phenoxy) is 3. The van der Waals surface area contributed by atoms with E-state index in [1.807, 2.05) is 44.7 Å². The number of thiazole rings is 1. The Morgan fingerprint density at radius 2 is 1.76 bits per heavy atom. The van der Waals surface area contributed by atoms with E-state index in [0.29, 0.717) is 24.4 Å². The van der Waals surface area contributed by atoms with Gasteiger partial charge >= 0.3 is 12.6 Å². The summed E-state index contributed by atoms with van der Waals surface area (Å²) in [5, 5.41) is 0.936. The molecule has 0 aliphatic carbocycles.